The van der Waals surface area contributed by atoms with Gasteiger partial charge in [-0.25, -0.2) is 4.98 Å². The standard InChI is InChI=1S/C17H13Br2NO3S.C3H6O2/c1-9-20-14-4-3-11(8-15(14)24-9)23-17-12(18)6-10(7-13(17)19)2-5-16(21)22;1-2-3(4)5/h3-4,6-8H,2,5H2,1H3,(H,21,22);2H2,1H3,(H,4,5). The van der Waals surface area contributed by atoms with E-state index in [2.05, 4.69) is 36.8 Å². The number of aliphatic carboxylic acids is 2. The molecule has 0 aliphatic rings. The average molecular weight is 545 g/mol. The van der Waals surface area contributed by atoms with Crippen LogP contribution in [0.3, 0.4) is 0 Å². The van der Waals surface area contributed by atoms with Crippen LogP contribution in [-0.2, 0) is 16.0 Å². The quantitative estimate of drug-likeness (QED) is 0.371. The molecule has 2 aromatic carbocycles. The Morgan fingerprint density at radius 3 is 2.28 bits per heavy atom. The highest BCUT2D eigenvalue weighted by molar-refractivity contribution is 9.11. The highest BCUT2D eigenvalue weighted by Crippen LogP contribution is 2.39. The fourth-order valence-electron chi connectivity index (χ4n) is 2.31. The molecule has 3 aromatic rings. The van der Waals surface area contributed by atoms with E-state index in [9.17, 15) is 9.59 Å². The zero-order valence-corrected chi connectivity index (χ0v) is 19.7. The number of rotatable bonds is 6. The van der Waals surface area contributed by atoms with Crippen molar-refractivity contribution in [3.8, 4) is 11.5 Å². The molecule has 0 unspecified atom stereocenters. The molecule has 0 saturated carbocycles. The summed E-state index contributed by atoms with van der Waals surface area (Å²) in [7, 11) is 0. The van der Waals surface area contributed by atoms with Gasteiger partial charge in [-0.2, -0.15) is 0 Å². The lowest BCUT2D eigenvalue weighted by Gasteiger charge is -2.12. The third kappa shape index (κ3) is 7.09. The van der Waals surface area contributed by atoms with Crippen LogP contribution < -0.4 is 4.74 Å². The van der Waals surface area contributed by atoms with Crippen molar-refractivity contribution < 1.29 is 24.5 Å². The second-order valence-corrected chi connectivity index (χ2v) is 8.94. The topological polar surface area (TPSA) is 96.7 Å². The lowest BCUT2D eigenvalue weighted by Crippen LogP contribution is -1.98. The van der Waals surface area contributed by atoms with Gasteiger partial charge in [0.2, 0.25) is 0 Å². The van der Waals surface area contributed by atoms with Crippen LogP contribution in [0.5, 0.6) is 11.5 Å². The first-order valence-corrected chi connectivity index (χ1v) is 11.1. The van der Waals surface area contributed by atoms with Gasteiger partial charge in [0.15, 0.2) is 5.75 Å². The number of carboxylic acids is 2. The van der Waals surface area contributed by atoms with E-state index in [1.807, 2.05) is 37.3 Å². The first-order valence-electron chi connectivity index (χ1n) is 8.66. The Hall–Kier alpha value is -1.97. The summed E-state index contributed by atoms with van der Waals surface area (Å²) in [4.78, 5) is 24.5. The number of benzene rings is 2. The molecule has 0 atom stereocenters. The summed E-state index contributed by atoms with van der Waals surface area (Å²) >= 11 is 8.64. The van der Waals surface area contributed by atoms with Crippen molar-refractivity contribution >= 4 is 65.4 Å². The minimum atomic E-state index is -0.810. The normalized spacial score (nSPS) is 10.3. The molecule has 0 bridgehead atoms. The Labute approximate surface area is 188 Å². The number of fused-ring (bicyclic) bond motifs is 1. The lowest BCUT2D eigenvalue weighted by molar-refractivity contribution is -0.137. The summed E-state index contributed by atoms with van der Waals surface area (Å²) in [6, 6.07) is 9.57. The first kappa shape index (κ1) is 23.3. The first-order chi connectivity index (χ1) is 13.7. The average Bonchev–Trinajstić information content (AvgIpc) is 3.02. The number of aryl methyl sites for hydroxylation is 2. The van der Waals surface area contributed by atoms with Crippen LogP contribution >= 0.6 is 43.2 Å². The third-order valence-electron chi connectivity index (χ3n) is 3.67. The van der Waals surface area contributed by atoms with E-state index in [0.717, 1.165) is 35.5 Å². The fourth-order valence-corrected chi connectivity index (χ4v) is 4.61. The Bertz CT molecular complexity index is 1010. The van der Waals surface area contributed by atoms with Crippen molar-refractivity contribution in [2.24, 2.45) is 0 Å². The molecule has 0 aliphatic heterocycles. The van der Waals surface area contributed by atoms with Gasteiger partial charge in [0.25, 0.3) is 0 Å². The van der Waals surface area contributed by atoms with Crippen LogP contribution in [0.2, 0.25) is 0 Å². The number of carboxylic acid groups (broad SMARTS) is 2. The Kier molecular flexibility index (Phi) is 8.60. The van der Waals surface area contributed by atoms with Crippen LogP contribution in [0.25, 0.3) is 10.2 Å². The largest absolute Gasteiger partial charge is 0.481 e. The molecule has 0 amide bonds. The van der Waals surface area contributed by atoms with E-state index < -0.39 is 11.9 Å². The maximum absolute atomic E-state index is 10.7. The van der Waals surface area contributed by atoms with Gasteiger partial charge in [0, 0.05) is 18.9 Å². The molecule has 9 heteroatoms. The van der Waals surface area contributed by atoms with Crippen LogP contribution in [0.4, 0.5) is 0 Å². The molecule has 154 valence electrons. The summed E-state index contributed by atoms with van der Waals surface area (Å²) < 4.78 is 8.64. The molecule has 1 aromatic heterocycles. The summed E-state index contributed by atoms with van der Waals surface area (Å²) in [5, 5.41) is 17.5. The van der Waals surface area contributed by atoms with E-state index in [-0.39, 0.29) is 12.8 Å². The number of carbonyl (C=O) groups is 2. The summed E-state index contributed by atoms with van der Waals surface area (Å²) in [6.45, 7) is 3.58. The SMILES string of the molecule is CCC(=O)O.Cc1nc2ccc(Oc3c(Br)cc(CCC(=O)O)cc3Br)cc2s1. The molecular weight excluding hydrogens is 526 g/mol. The number of hydrogen-bond donors (Lipinski definition) is 2. The van der Waals surface area contributed by atoms with Crippen molar-refractivity contribution in [2.45, 2.75) is 33.1 Å². The zero-order chi connectivity index (χ0) is 21.6. The van der Waals surface area contributed by atoms with Crippen molar-refractivity contribution in [2.75, 3.05) is 0 Å². The maximum atomic E-state index is 10.7. The fraction of sp³-hybridized carbons (Fsp3) is 0.250. The van der Waals surface area contributed by atoms with Gasteiger partial charge >= 0.3 is 11.9 Å². The van der Waals surface area contributed by atoms with Crippen molar-refractivity contribution in [1.82, 2.24) is 4.98 Å². The molecule has 3 rings (SSSR count). The molecular formula is C20H19Br2NO5S. The summed E-state index contributed by atoms with van der Waals surface area (Å²) in [5.74, 6) is -0.166. The number of hydrogen-bond acceptors (Lipinski definition) is 5. The molecule has 0 spiro atoms. The van der Waals surface area contributed by atoms with Gasteiger partial charge in [0.1, 0.15) is 5.75 Å². The van der Waals surface area contributed by atoms with Gasteiger partial charge in [-0.3, -0.25) is 9.59 Å². The van der Waals surface area contributed by atoms with Crippen LogP contribution in [-0.4, -0.2) is 27.1 Å². The van der Waals surface area contributed by atoms with Gasteiger partial charge < -0.3 is 14.9 Å². The number of ether oxygens (including phenoxy) is 1. The van der Waals surface area contributed by atoms with Crippen molar-refractivity contribution in [3.63, 3.8) is 0 Å². The predicted molar refractivity (Wildman–Crippen MR) is 120 cm³/mol. The second-order valence-electron chi connectivity index (χ2n) is 5.99. The van der Waals surface area contributed by atoms with E-state index in [1.165, 1.54) is 0 Å². The zero-order valence-electron chi connectivity index (χ0n) is 15.7. The Morgan fingerprint density at radius 1 is 1.10 bits per heavy atom. The minimum Gasteiger partial charge on any atom is -0.481 e. The molecule has 0 radical (unpaired) electrons. The molecule has 6 nitrogen and oxygen atoms in total. The molecule has 2 N–H and O–H groups in total. The molecule has 1 heterocycles. The van der Waals surface area contributed by atoms with E-state index in [4.69, 9.17) is 14.9 Å². The van der Waals surface area contributed by atoms with Crippen molar-refractivity contribution in [1.29, 1.82) is 0 Å². The number of halogens is 2. The lowest BCUT2D eigenvalue weighted by atomic mass is 10.1. The summed E-state index contributed by atoms with van der Waals surface area (Å²) in [6.07, 6.45) is 0.791. The molecule has 29 heavy (non-hydrogen) atoms. The highest BCUT2D eigenvalue weighted by atomic mass is 79.9. The van der Waals surface area contributed by atoms with Crippen LogP contribution in [0.15, 0.2) is 39.3 Å². The summed E-state index contributed by atoms with van der Waals surface area (Å²) in [5.41, 5.74) is 1.89. The predicted octanol–water partition coefficient (Wildman–Crippen LogP) is 6.42. The van der Waals surface area contributed by atoms with Crippen LogP contribution in [0, 0.1) is 6.92 Å². The second kappa shape index (κ2) is 10.7. The molecule has 0 aliphatic carbocycles. The number of nitrogens with zero attached hydrogens (tertiary/aromatic N) is 1. The van der Waals surface area contributed by atoms with Crippen molar-refractivity contribution in [3.05, 3.63) is 49.8 Å². The smallest absolute Gasteiger partial charge is 0.303 e. The van der Waals surface area contributed by atoms with Gasteiger partial charge in [-0.05, 0) is 75.0 Å². The monoisotopic (exact) mass is 543 g/mol. The maximum Gasteiger partial charge on any atom is 0.303 e. The van der Waals surface area contributed by atoms with Gasteiger partial charge in [0.05, 0.1) is 24.2 Å². The third-order valence-corrected chi connectivity index (χ3v) is 5.79. The highest BCUT2D eigenvalue weighted by Gasteiger charge is 2.12. The van der Waals surface area contributed by atoms with E-state index in [0.29, 0.717) is 12.2 Å². The molecule has 0 fully saturated rings. The van der Waals surface area contributed by atoms with Gasteiger partial charge in [-0.15, -0.1) is 11.3 Å². The Balaban J connectivity index is 0.000000537. The molecule has 0 saturated heterocycles. The van der Waals surface area contributed by atoms with Gasteiger partial charge in [-0.1, -0.05) is 6.92 Å². The van der Waals surface area contributed by atoms with Crippen LogP contribution in [0.1, 0.15) is 30.3 Å². The van der Waals surface area contributed by atoms with E-state index in [1.54, 1.807) is 18.3 Å². The number of aromatic nitrogens is 1. The minimum absolute atomic E-state index is 0.0977. The Morgan fingerprint density at radius 2 is 1.72 bits per heavy atom. The van der Waals surface area contributed by atoms with E-state index >= 15 is 0 Å². The number of thiazole rings is 1.